The maximum atomic E-state index is 12.7. The van der Waals surface area contributed by atoms with Crippen LogP contribution in [0.1, 0.15) is 16.1 Å². The third-order valence-electron chi connectivity index (χ3n) is 3.86. The molecule has 0 radical (unpaired) electrons. The lowest BCUT2D eigenvalue weighted by Gasteiger charge is -2.20. The molecule has 4 rings (SSSR count). The minimum absolute atomic E-state index is 0.0371. The first kappa shape index (κ1) is 11.2. The van der Waals surface area contributed by atoms with Gasteiger partial charge in [0.25, 0.3) is 5.91 Å². The molecule has 0 saturated heterocycles. The van der Waals surface area contributed by atoms with Crippen LogP contribution < -0.4 is 5.01 Å². The average Bonchev–Trinajstić information content (AvgIpc) is 2.77. The predicted molar refractivity (Wildman–Crippen MR) is 78.4 cm³/mol. The fourth-order valence-corrected chi connectivity index (χ4v) is 3.01. The first-order valence-electron chi connectivity index (χ1n) is 6.53. The first-order valence-corrected chi connectivity index (χ1v) is 6.53. The van der Waals surface area contributed by atoms with E-state index in [-0.39, 0.29) is 5.91 Å². The standard InChI is InChI=1S/C16H13N3O/c1-10-9-11-5-3-6-12-14-13(7-4-8-17-14)16(20)18(2)19(10)15(11)12/h3-9H,1-2H3. The maximum Gasteiger partial charge on any atom is 0.274 e. The highest BCUT2D eigenvalue weighted by Crippen LogP contribution is 2.34. The third-order valence-corrected chi connectivity index (χ3v) is 3.86. The highest BCUT2D eigenvalue weighted by Gasteiger charge is 2.27. The number of rotatable bonds is 0. The summed E-state index contributed by atoms with van der Waals surface area (Å²) in [5, 5.41) is 2.78. The molecule has 3 heterocycles. The predicted octanol–water partition coefficient (Wildman–Crippen LogP) is 2.73. The Labute approximate surface area is 116 Å². The molecule has 20 heavy (non-hydrogen) atoms. The summed E-state index contributed by atoms with van der Waals surface area (Å²) in [6.07, 6.45) is 1.73. The van der Waals surface area contributed by atoms with E-state index in [1.807, 2.05) is 29.8 Å². The fourth-order valence-electron chi connectivity index (χ4n) is 3.01. The number of hydrogen-bond donors (Lipinski definition) is 0. The molecule has 0 spiro atoms. The summed E-state index contributed by atoms with van der Waals surface area (Å²) in [6, 6.07) is 11.8. The lowest BCUT2D eigenvalue weighted by Crippen LogP contribution is -2.36. The molecule has 1 amide bonds. The molecule has 0 unspecified atom stereocenters. The summed E-state index contributed by atoms with van der Waals surface area (Å²) >= 11 is 0. The van der Waals surface area contributed by atoms with E-state index in [1.165, 1.54) is 0 Å². The molecule has 0 atom stereocenters. The number of para-hydroxylation sites is 1. The molecule has 0 bridgehead atoms. The number of aryl methyl sites for hydroxylation is 1. The van der Waals surface area contributed by atoms with E-state index >= 15 is 0 Å². The van der Waals surface area contributed by atoms with Gasteiger partial charge in [0.2, 0.25) is 0 Å². The van der Waals surface area contributed by atoms with Crippen molar-refractivity contribution in [1.82, 2.24) is 9.66 Å². The topological polar surface area (TPSA) is 38.1 Å². The van der Waals surface area contributed by atoms with Crippen LogP contribution in [0.4, 0.5) is 0 Å². The van der Waals surface area contributed by atoms with Gasteiger partial charge in [0, 0.05) is 29.9 Å². The number of carbonyl (C=O) groups is 1. The monoisotopic (exact) mass is 263 g/mol. The highest BCUT2D eigenvalue weighted by molar-refractivity contribution is 6.11. The van der Waals surface area contributed by atoms with Crippen LogP contribution in [0.5, 0.6) is 0 Å². The van der Waals surface area contributed by atoms with Gasteiger partial charge in [-0.15, -0.1) is 0 Å². The molecule has 1 aromatic carbocycles. The smallest absolute Gasteiger partial charge is 0.267 e. The van der Waals surface area contributed by atoms with Crippen LogP contribution in [0.3, 0.4) is 0 Å². The molecule has 0 fully saturated rings. The summed E-state index contributed by atoms with van der Waals surface area (Å²) in [4.78, 5) is 17.1. The van der Waals surface area contributed by atoms with Gasteiger partial charge in [-0.3, -0.25) is 14.5 Å². The molecule has 1 aliphatic rings. The van der Waals surface area contributed by atoms with Crippen LogP contribution in [0, 0.1) is 6.92 Å². The molecule has 1 aliphatic heterocycles. The number of nitrogens with zero attached hydrogens (tertiary/aromatic N) is 3. The van der Waals surface area contributed by atoms with Crippen LogP contribution in [-0.2, 0) is 0 Å². The van der Waals surface area contributed by atoms with Gasteiger partial charge in [-0.25, -0.2) is 5.01 Å². The normalized spacial score (nSPS) is 13.5. The number of pyridine rings is 1. The second-order valence-corrected chi connectivity index (χ2v) is 5.07. The highest BCUT2D eigenvalue weighted by atomic mass is 16.2. The Morgan fingerprint density at radius 3 is 2.75 bits per heavy atom. The van der Waals surface area contributed by atoms with Gasteiger partial charge in [0.15, 0.2) is 0 Å². The number of aromatic nitrogens is 2. The van der Waals surface area contributed by atoms with Crippen LogP contribution >= 0.6 is 0 Å². The minimum Gasteiger partial charge on any atom is -0.267 e. The van der Waals surface area contributed by atoms with Crippen molar-refractivity contribution in [3.05, 3.63) is 53.9 Å². The zero-order valence-corrected chi connectivity index (χ0v) is 11.3. The molecular formula is C16H13N3O. The molecule has 2 aromatic heterocycles. The Bertz CT molecular complexity index is 863. The quantitative estimate of drug-likeness (QED) is 0.625. The van der Waals surface area contributed by atoms with Crippen molar-refractivity contribution >= 4 is 16.8 Å². The minimum atomic E-state index is -0.0371. The fraction of sp³-hybridized carbons (Fsp3) is 0.125. The van der Waals surface area contributed by atoms with Crippen LogP contribution in [0.2, 0.25) is 0 Å². The number of fused-ring (bicyclic) bond motifs is 2. The van der Waals surface area contributed by atoms with Gasteiger partial charge in [-0.2, -0.15) is 0 Å². The largest absolute Gasteiger partial charge is 0.274 e. The third kappa shape index (κ3) is 1.25. The molecule has 98 valence electrons. The van der Waals surface area contributed by atoms with E-state index in [9.17, 15) is 4.79 Å². The van der Waals surface area contributed by atoms with E-state index in [0.29, 0.717) is 5.56 Å². The SMILES string of the molecule is Cc1cc2cccc3c2n1N(C)C(=O)c1cccnc1-3. The molecular weight excluding hydrogens is 250 g/mol. The molecule has 0 N–H and O–H groups in total. The van der Waals surface area contributed by atoms with Crippen molar-refractivity contribution in [2.45, 2.75) is 6.92 Å². The number of hydrogen-bond acceptors (Lipinski definition) is 2. The Morgan fingerprint density at radius 1 is 1.10 bits per heavy atom. The van der Waals surface area contributed by atoms with E-state index < -0.39 is 0 Å². The zero-order valence-electron chi connectivity index (χ0n) is 11.3. The summed E-state index contributed by atoms with van der Waals surface area (Å²) in [5.74, 6) is -0.0371. The molecule has 3 aromatic rings. The van der Waals surface area contributed by atoms with Crippen molar-refractivity contribution in [3.8, 4) is 11.3 Å². The van der Waals surface area contributed by atoms with Crippen molar-refractivity contribution < 1.29 is 4.79 Å². The first-order chi connectivity index (χ1) is 9.68. The van der Waals surface area contributed by atoms with Gasteiger partial charge < -0.3 is 0 Å². The average molecular weight is 263 g/mol. The zero-order chi connectivity index (χ0) is 13.9. The summed E-state index contributed by atoms with van der Waals surface area (Å²) < 4.78 is 1.97. The van der Waals surface area contributed by atoms with Crippen LogP contribution in [0.15, 0.2) is 42.6 Å². The van der Waals surface area contributed by atoms with E-state index in [2.05, 4.69) is 17.1 Å². The molecule has 4 heteroatoms. The number of benzene rings is 1. The molecule has 4 nitrogen and oxygen atoms in total. The second kappa shape index (κ2) is 3.70. The van der Waals surface area contributed by atoms with E-state index in [0.717, 1.165) is 27.9 Å². The Morgan fingerprint density at radius 2 is 1.90 bits per heavy atom. The van der Waals surface area contributed by atoms with Gasteiger partial charge >= 0.3 is 0 Å². The van der Waals surface area contributed by atoms with Crippen molar-refractivity contribution in [2.75, 3.05) is 12.1 Å². The molecule has 0 saturated carbocycles. The van der Waals surface area contributed by atoms with Crippen LogP contribution in [-0.4, -0.2) is 22.6 Å². The van der Waals surface area contributed by atoms with Crippen molar-refractivity contribution in [1.29, 1.82) is 0 Å². The Balaban J connectivity index is 2.25. The van der Waals surface area contributed by atoms with Gasteiger partial charge in [0.1, 0.15) is 0 Å². The lowest BCUT2D eigenvalue weighted by atomic mass is 10.0. The summed E-state index contributed by atoms with van der Waals surface area (Å²) in [6.45, 7) is 2.01. The number of carbonyl (C=O) groups excluding carboxylic acids is 1. The second-order valence-electron chi connectivity index (χ2n) is 5.07. The Hall–Kier alpha value is -2.62. The summed E-state index contributed by atoms with van der Waals surface area (Å²) in [5.41, 5.74) is 4.48. The van der Waals surface area contributed by atoms with Gasteiger partial charge in [-0.05, 0) is 25.1 Å². The van der Waals surface area contributed by atoms with Gasteiger partial charge in [-0.1, -0.05) is 18.2 Å². The van der Waals surface area contributed by atoms with E-state index in [4.69, 9.17) is 0 Å². The van der Waals surface area contributed by atoms with Crippen molar-refractivity contribution in [2.24, 2.45) is 0 Å². The lowest BCUT2D eigenvalue weighted by molar-refractivity contribution is 0.0969. The molecule has 0 aliphatic carbocycles. The Kier molecular flexibility index (Phi) is 2.07. The van der Waals surface area contributed by atoms with Crippen LogP contribution in [0.25, 0.3) is 22.2 Å². The van der Waals surface area contributed by atoms with Crippen molar-refractivity contribution in [3.63, 3.8) is 0 Å². The summed E-state index contributed by atoms with van der Waals surface area (Å²) in [7, 11) is 1.80. The van der Waals surface area contributed by atoms with E-state index in [1.54, 1.807) is 24.3 Å². The number of amides is 1. The maximum absolute atomic E-state index is 12.7. The van der Waals surface area contributed by atoms with Gasteiger partial charge in [0.05, 0.1) is 16.8 Å².